The maximum atomic E-state index is 12.4. The van der Waals surface area contributed by atoms with Crippen LogP contribution in [0.3, 0.4) is 0 Å². The highest BCUT2D eigenvalue weighted by Crippen LogP contribution is 2.58. The summed E-state index contributed by atoms with van der Waals surface area (Å²) in [5, 5.41) is 0. The number of amides is 1. The van der Waals surface area contributed by atoms with Crippen LogP contribution in [0.4, 0.5) is 4.79 Å². The van der Waals surface area contributed by atoms with Crippen molar-refractivity contribution in [3.63, 3.8) is 0 Å². The van der Waals surface area contributed by atoms with Crippen LogP contribution in [0, 0.1) is 23.7 Å². The van der Waals surface area contributed by atoms with Crippen LogP contribution in [0.25, 0.3) is 0 Å². The number of nitrogens with zero attached hydrogens (tertiary/aromatic N) is 1. The van der Waals surface area contributed by atoms with Gasteiger partial charge in [0, 0.05) is 5.54 Å². The minimum absolute atomic E-state index is 0.0161. The molecule has 1 amide bonds. The maximum Gasteiger partial charge on any atom is 0.410 e. The molecule has 20 heavy (non-hydrogen) atoms. The largest absolute Gasteiger partial charge is 0.444 e. The smallest absolute Gasteiger partial charge is 0.410 e. The van der Waals surface area contributed by atoms with Crippen LogP contribution in [0.1, 0.15) is 58.8 Å². The highest BCUT2D eigenvalue weighted by molar-refractivity contribution is 5.71. The van der Waals surface area contributed by atoms with Gasteiger partial charge in [0.15, 0.2) is 0 Å². The molecule has 5 fully saturated rings. The topological polar surface area (TPSA) is 29.5 Å². The van der Waals surface area contributed by atoms with E-state index < -0.39 is 0 Å². The average molecular weight is 277 g/mol. The molecule has 5 aliphatic rings. The first-order chi connectivity index (χ1) is 9.54. The Morgan fingerprint density at radius 3 is 2.20 bits per heavy atom. The number of carbonyl (C=O) groups excluding carboxylic acids is 1. The van der Waals surface area contributed by atoms with Crippen molar-refractivity contribution in [2.24, 2.45) is 23.7 Å². The third kappa shape index (κ3) is 1.96. The lowest BCUT2D eigenvalue weighted by molar-refractivity contribution is -0.0663. The Balaban J connectivity index is 1.54. The molecule has 4 aliphatic carbocycles. The predicted octanol–water partition coefficient (Wildman–Crippen LogP) is 3.82. The quantitative estimate of drug-likeness (QED) is 0.785. The molecule has 112 valence electrons. The predicted molar refractivity (Wildman–Crippen MR) is 77.3 cm³/mol. The van der Waals surface area contributed by atoms with Crippen molar-refractivity contribution in [1.82, 2.24) is 4.90 Å². The molecule has 1 saturated heterocycles. The van der Waals surface area contributed by atoms with E-state index in [0.717, 1.165) is 30.7 Å². The van der Waals surface area contributed by atoms with Gasteiger partial charge in [-0.05, 0) is 68.6 Å². The first-order valence-corrected chi connectivity index (χ1v) is 8.52. The van der Waals surface area contributed by atoms with Crippen LogP contribution in [0.2, 0.25) is 0 Å². The number of ether oxygens (including phenoxy) is 1. The molecule has 4 bridgehead atoms. The summed E-state index contributed by atoms with van der Waals surface area (Å²) in [4.78, 5) is 14.5. The molecule has 1 heterocycles. The van der Waals surface area contributed by atoms with Gasteiger partial charge in [0.2, 0.25) is 0 Å². The van der Waals surface area contributed by atoms with Gasteiger partial charge in [-0.1, -0.05) is 13.8 Å². The molecule has 0 aromatic carbocycles. The highest BCUT2D eigenvalue weighted by Gasteiger charge is 2.56. The Hall–Kier alpha value is -0.730. The molecule has 4 saturated carbocycles. The van der Waals surface area contributed by atoms with Gasteiger partial charge in [0.05, 0.1) is 6.54 Å². The first-order valence-electron chi connectivity index (χ1n) is 8.52. The first kappa shape index (κ1) is 13.0. The molecule has 0 unspecified atom stereocenters. The Bertz CT molecular complexity index is 382. The summed E-state index contributed by atoms with van der Waals surface area (Å²) >= 11 is 0. The fraction of sp³-hybridized carbons (Fsp3) is 0.941. The van der Waals surface area contributed by atoms with Gasteiger partial charge in [0.25, 0.3) is 0 Å². The Kier molecular flexibility index (Phi) is 2.84. The molecule has 0 radical (unpaired) electrons. The fourth-order valence-corrected chi connectivity index (χ4v) is 5.95. The SMILES string of the molecule is CC(C)C[C@H]1CN(C23CC4CC(CC(C4)C2)C3)C(=O)O1. The Morgan fingerprint density at radius 2 is 1.70 bits per heavy atom. The molecule has 1 aliphatic heterocycles. The number of rotatable bonds is 3. The number of hydrogen-bond donors (Lipinski definition) is 0. The normalized spacial score (nSPS) is 46.4. The van der Waals surface area contributed by atoms with Gasteiger partial charge in [-0.25, -0.2) is 4.79 Å². The van der Waals surface area contributed by atoms with E-state index in [9.17, 15) is 4.79 Å². The Labute approximate surface area is 122 Å². The maximum absolute atomic E-state index is 12.4. The summed E-state index contributed by atoms with van der Waals surface area (Å²) in [6, 6.07) is 0. The summed E-state index contributed by atoms with van der Waals surface area (Å²) in [6.07, 6.45) is 9.17. The van der Waals surface area contributed by atoms with Crippen LogP contribution in [-0.2, 0) is 4.74 Å². The minimum Gasteiger partial charge on any atom is -0.444 e. The van der Waals surface area contributed by atoms with Crippen molar-refractivity contribution >= 4 is 6.09 Å². The average Bonchev–Trinajstić information content (AvgIpc) is 2.68. The summed E-state index contributed by atoms with van der Waals surface area (Å²) in [6.45, 7) is 5.27. The lowest BCUT2D eigenvalue weighted by Gasteiger charge is -2.59. The fourth-order valence-electron chi connectivity index (χ4n) is 5.95. The van der Waals surface area contributed by atoms with Gasteiger partial charge in [-0.15, -0.1) is 0 Å². The minimum atomic E-state index is -0.0161. The lowest BCUT2D eigenvalue weighted by atomic mass is 9.52. The summed E-state index contributed by atoms with van der Waals surface area (Å²) in [5.74, 6) is 3.26. The second-order valence-corrected chi connectivity index (χ2v) is 8.39. The molecule has 5 rings (SSSR count). The van der Waals surface area contributed by atoms with E-state index in [0.29, 0.717) is 5.92 Å². The van der Waals surface area contributed by atoms with Crippen molar-refractivity contribution in [1.29, 1.82) is 0 Å². The van der Waals surface area contributed by atoms with E-state index in [4.69, 9.17) is 4.74 Å². The third-order valence-electron chi connectivity index (χ3n) is 6.19. The van der Waals surface area contributed by atoms with Crippen LogP contribution in [0.15, 0.2) is 0 Å². The van der Waals surface area contributed by atoms with E-state index in [-0.39, 0.29) is 17.7 Å². The highest BCUT2D eigenvalue weighted by atomic mass is 16.6. The van der Waals surface area contributed by atoms with E-state index >= 15 is 0 Å². The van der Waals surface area contributed by atoms with E-state index in [1.807, 2.05) is 0 Å². The zero-order valence-electron chi connectivity index (χ0n) is 12.8. The summed E-state index contributed by atoms with van der Waals surface area (Å²) in [5.41, 5.74) is 0.178. The van der Waals surface area contributed by atoms with Crippen LogP contribution < -0.4 is 0 Å². The van der Waals surface area contributed by atoms with Crippen molar-refractivity contribution in [2.45, 2.75) is 70.4 Å². The molecule has 0 spiro atoms. The summed E-state index contributed by atoms with van der Waals surface area (Å²) in [7, 11) is 0. The molecule has 3 heteroatoms. The molecular formula is C17H27NO2. The van der Waals surface area contributed by atoms with Gasteiger partial charge in [0.1, 0.15) is 6.10 Å². The third-order valence-corrected chi connectivity index (χ3v) is 6.19. The zero-order valence-corrected chi connectivity index (χ0v) is 12.8. The van der Waals surface area contributed by atoms with Crippen molar-refractivity contribution in [3.05, 3.63) is 0 Å². The number of carbonyl (C=O) groups is 1. The van der Waals surface area contributed by atoms with E-state index in [1.165, 1.54) is 38.5 Å². The van der Waals surface area contributed by atoms with Crippen molar-refractivity contribution in [3.8, 4) is 0 Å². The zero-order chi connectivity index (χ0) is 13.9. The van der Waals surface area contributed by atoms with Gasteiger partial charge >= 0.3 is 6.09 Å². The van der Waals surface area contributed by atoms with Crippen LogP contribution >= 0.6 is 0 Å². The van der Waals surface area contributed by atoms with Crippen LogP contribution in [-0.4, -0.2) is 29.2 Å². The monoisotopic (exact) mass is 277 g/mol. The molecule has 0 aromatic heterocycles. The van der Waals surface area contributed by atoms with Gasteiger partial charge in [-0.2, -0.15) is 0 Å². The molecular weight excluding hydrogens is 250 g/mol. The van der Waals surface area contributed by atoms with Crippen LogP contribution in [0.5, 0.6) is 0 Å². The number of hydrogen-bond acceptors (Lipinski definition) is 2. The van der Waals surface area contributed by atoms with Gasteiger partial charge in [-0.3, -0.25) is 4.90 Å². The molecule has 1 atom stereocenters. The summed E-state index contributed by atoms with van der Waals surface area (Å²) < 4.78 is 5.66. The lowest BCUT2D eigenvalue weighted by Crippen LogP contribution is -2.60. The van der Waals surface area contributed by atoms with Gasteiger partial charge < -0.3 is 4.74 Å². The molecule has 3 nitrogen and oxygen atoms in total. The van der Waals surface area contributed by atoms with E-state index in [1.54, 1.807) is 0 Å². The van der Waals surface area contributed by atoms with E-state index in [2.05, 4.69) is 18.7 Å². The second-order valence-electron chi connectivity index (χ2n) is 8.39. The van der Waals surface area contributed by atoms with Crippen molar-refractivity contribution in [2.75, 3.05) is 6.54 Å². The molecule has 0 aromatic rings. The molecule has 0 N–H and O–H groups in total. The number of cyclic esters (lactones) is 1. The Morgan fingerprint density at radius 1 is 1.15 bits per heavy atom. The standard InChI is InChI=1S/C17H27NO2/c1-11(2)3-15-10-18(16(19)20-15)17-7-12-4-13(8-17)6-14(5-12)9-17/h11-15H,3-10H2,1-2H3/t12?,13?,14?,15-,17?/m0/s1. The van der Waals surface area contributed by atoms with Crippen molar-refractivity contribution < 1.29 is 9.53 Å². The second kappa shape index (κ2) is 4.38.